The van der Waals surface area contributed by atoms with Crippen molar-refractivity contribution < 1.29 is 14.3 Å². The minimum atomic E-state index is -0.0143. The molecule has 1 aromatic rings. The summed E-state index contributed by atoms with van der Waals surface area (Å²) in [6.45, 7) is 1.52. The fourth-order valence-corrected chi connectivity index (χ4v) is 2.09. The highest BCUT2D eigenvalue weighted by molar-refractivity contribution is 5.97. The number of hydrogen-bond acceptors (Lipinski definition) is 3. The number of carbonyl (C=O) groups is 1. The lowest BCUT2D eigenvalue weighted by molar-refractivity contribution is -0.117. The molecular weight excluding hydrogens is 242 g/mol. The topological polar surface area (TPSA) is 38.8 Å². The van der Waals surface area contributed by atoms with Crippen molar-refractivity contribution in [1.82, 2.24) is 0 Å². The number of rotatable bonds is 5. The Morgan fingerprint density at radius 3 is 2.89 bits per heavy atom. The molecule has 1 unspecified atom stereocenters. The van der Waals surface area contributed by atoms with Gasteiger partial charge >= 0.3 is 0 Å². The number of amides is 1. The third kappa shape index (κ3) is 3.07. The van der Waals surface area contributed by atoms with Crippen molar-refractivity contribution in [3.8, 4) is 18.1 Å². The number of ether oxygens (including phenoxy) is 2. The lowest BCUT2D eigenvalue weighted by atomic mass is 10.1. The summed E-state index contributed by atoms with van der Waals surface area (Å²) in [5.41, 5.74) is 0.779. The highest BCUT2D eigenvalue weighted by atomic mass is 16.5. The molecule has 0 aliphatic carbocycles. The second-order valence-corrected chi connectivity index (χ2v) is 4.38. The summed E-state index contributed by atoms with van der Waals surface area (Å²) in [5, 5.41) is 0. The number of nitrogens with zero attached hydrogens (tertiary/aromatic N) is 1. The molecule has 0 spiro atoms. The zero-order valence-electron chi connectivity index (χ0n) is 11.0. The number of benzene rings is 1. The molecule has 4 nitrogen and oxygen atoms in total. The predicted octanol–water partition coefficient (Wildman–Crippen LogP) is 1.70. The number of anilines is 1. The summed E-state index contributed by atoms with van der Waals surface area (Å²) < 4.78 is 10.6. The van der Waals surface area contributed by atoms with E-state index in [-0.39, 0.29) is 11.8 Å². The van der Waals surface area contributed by atoms with Crippen molar-refractivity contribution in [2.75, 3.05) is 31.8 Å². The van der Waals surface area contributed by atoms with Crippen LogP contribution >= 0.6 is 0 Å². The number of methoxy groups -OCH3 is 1. The van der Waals surface area contributed by atoms with E-state index >= 15 is 0 Å². The van der Waals surface area contributed by atoms with Crippen LogP contribution in [0.2, 0.25) is 0 Å². The maximum absolute atomic E-state index is 12.0. The standard InChI is InChI=1S/C15H17NO3/c1-3-12-10-15(17)16(11-12)13-6-4-5-7-14(13)19-9-8-18-2/h1,4-7,12H,8-11H2,2H3. The minimum absolute atomic E-state index is 0.0143. The van der Waals surface area contributed by atoms with E-state index in [9.17, 15) is 4.79 Å². The van der Waals surface area contributed by atoms with Gasteiger partial charge in [-0.3, -0.25) is 4.79 Å². The SMILES string of the molecule is C#CC1CC(=O)N(c2ccccc2OCCOC)C1. The molecule has 1 amide bonds. The van der Waals surface area contributed by atoms with Crippen LogP contribution in [0, 0.1) is 18.3 Å². The van der Waals surface area contributed by atoms with E-state index in [2.05, 4.69) is 5.92 Å². The Morgan fingerprint density at radius 2 is 2.21 bits per heavy atom. The number of carbonyl (C=O) groups excluding carboxylic acids is 1. The molecule has 2 rings (SSSR count). The molecule has 1 heterocycles. The minimum Gasteiger partial charge on any atom is -0.489 e. The van der Waals surface area contributed by atoms with E-state index in [0.717, 1.165) is 5.69 Å². The third-order valence-electron chi connectivity index (χ3n) is 3.06. The number of para-hydroxylation sites is 2. The van der Waals surface area contributed by atoms with Crippen LogP contribution in [0.25, 0.3) is 0 Å². The molecular formula is C15H17NO3. The van der Waals surface area contributed by atoms with Crippen molar-refractivity contribution in [3.05, 3.63) is 24.3 Å². The van der Waals surface area contributed by atoms with E-state index in [1.807, 2.05) is 24.3 Å². The molecule has 1 aliphatic rings. The zero-order valence-corrected chi connectivity index (χ0v) is 11.0. The normalized spacial score (nSPS) is 18.4. The molecule has 1 saturated heterocycles. The Hall–Kier alpha value is -1.99. The summed E-state index contributed by atoms with van der Waals surface area (Å²) in [5.74, 6) is 3.36. The Kier molecular flexibility index (Phi) is 4.43. The van der Waals surface area contributed by atoms with Gasteiger partial charge in [0, 0.05) is 26.0 Å². The van der Waals surface area contributed by atoms with Crippen LogP contribution in [0.1, 0.15) is 6.42 Å². The van der Waals surface area contributed by atoms with Gasteiger partial charge in [0.15, 0.2) is 0 Å². The molecule has 1 aliphatic heterocycles. The van der Waals surface area contributed by atoms with E-state index < -0.39 is 0 Å². The van der Waals surface area contributed by atoms with Gasteiger partial charge in [0.1, 0.15) is 12.4 Å². The molecule has 0 aromatic heterocycles. The largest absolute Gasteiger partial charge is 0.489 e. The summed E-state index contributed by atoms with van der Waals surface area (Å²) in [7, 11) is 1.62. The number of hydrogen-bond donors (Lipinski definition) is 0. The molecule has 1 aromatic carbocycles. The molecule has 1 atom stereocenters. The molecule has 1 fully saturated rings. The van der Waals surface area contributed by atoms with E-state index in [4.69, 9.17) is 15.9 Å². The van der Waals surface area contributed by atoms with E-state index in [0.29, 0.717) is 31.9 Å². The highest BCUT2D eigenvalue weighted by Crippen LogP contribution is 2.32. The fourth-order valence-electron chi connectivity index (χ4n) is 2.09. The zero-order chi connectivity index (χ0) is 13.7. The first-order valence-electron chi connectivity index (χ1n) is 6.23. The molecule has 100 valence electrons. The van der Waals surface area contributed by atoms with Crippen molar-refractivity contribution in [2.45, 2.75) is 6.42 Å². The van der Waals surface area contributed by atoms with Gasteiger partial charge in [0.05, 0.1) is 12.3 Å². The van der Waals surface area contributed by atoms with Crippen LogP contribution in [0.3, 0.4) is 0 Å². The number of terminal acetylenes is 1. The van der Waals surface area contributed by atoms with Crippen LogP contribution in [0.5, 0.6) is 5.75 Å². The van der Waals surface area contributed by atoms with Gasteiger partial charge in [-0.2, -0.15) is 0 Å². The van der Waals surface area contributed by atoms with Crippen molar-refractivity contribution >= 4 is 11.6 Å². The molecule has 19 heavy (non-hydrogen) atoms. The maximum atomic E-state index is 12.0. The molecule has 0 saturated carbocycles. The summed E-state index contributed by atoms with van der Waals surface area (Å²) in [6.07, 6.45) is 5.80. The molecule has 0 radical (unpaired) electrons. The van der Waals surface area contributed by atoms with Gasteiger partial charge in [-0.15, -0.1) is 12.3 Å². The first-order valence-corrected chi connectivity index (χ1v) is 6.23. The van der Waals surface area contributed by atoms with Gasteiger partial charge in [0.2, 0.25) is 5.91 Å². The lowest BCUT2D eigenvalue weighted by Crippen LogP contribution is -2.25. The average Bonchev–Trinajstić information content (AvgIpc) is 2.81. The second kappa shape index (κ2) is 6.26. The smallest absolute Gasteiger partial charge is 0.228 e. The van der Waals surface area contributed by atoms with E-state index in [1.54, 1.807) is 12.0 Å². The average molecular weight is 259 g/mol. The van der Waals surface area contributed by atoms with Gasteiger partial charge in [-0.05, 0) is 12.1 Å². The van der Waals surface area contributed by atoms with Crippen LogP contribution in [0.4, 0.5) is 5.69 Å². The maximum Gasteiger partial charge on any atom is 0.228 e. The summed E-state index contributed by atoms with van der Waals surface area (Å²) in [4.78, 5) is 13.7. The Labute approximate surface area is 113 Å². The van der Waals surface area contributed by atoms with Gasteiger partial charge in [0.25, 0.3) is 0 Å². The van der Waals surface area contributed by atoms with E-state index in [1.165, 1.54) is 0 Å². The molecule has 4 heteroatoms. The van der Waals surface area contributed by atoms with Gasteiger partial charge in [-0.1, -0.05) is 12.1 Å². The molecule has 0 N–H and O–H groups in total. The van der Waals surface area contributed by atoms with Crippen LogP contribution < -0.4 is 9.64 Å². The Balaban J connectivity index is 2.15. The first kappa shape index (κ1) is 13.4. The monoisotopic (exact) mass is 259 g/mol. The first-order chi connectivity index (χ1) is 9.26. The van der Waals surface area contributed by atoms with Gasteiger partial charge in [-0.25, -0.2) is 0 Å². The van der Waals surface area contributed by atoms with Crippen molar-refractivity contribution in [2.24, 2.45) is 5.92 Å². The van der Waals surface area contributed by atoms with Crippen molar-refractivity contribution in [1.29, 1.82) is 0 Å². The summed E-state index contributed by atoms with van der Waals surface area (Å²) in [6, 6.07) is 7.49. The Morgan fingerprint density at radius 1 is 1.42 bits per heavy atom. The third-order valence-corrected chi connectivity index (χ3v) is 3.06. The van der Waals surface area contributed by atoms with Crippen LogP contribution in [-0.4, -0.2) is 32.8 Å². The predicted molar refractivity (Wildman–Crippen MR) is 73.1 cm³/mol. The van der Waals surface area contributed by atoms with Crippen LogP contribution in [-0.2, 0) is 9.53 Å². The van der Waals surface area contributed by atoms with Crippen molar-refractivity contribution in [3.63, 3.8) is 0 Å². The van der Waals surface area contributed by atoms with Gasteiger partial charge < -0.3 is 14.4 Å². The summed E-state index contributed by atoms with van der Waals surface area (Å²) >= 11 is 0. The highest BCUT2D eigenvalue weighted by Gasteiger charge is 2.30. The Bertz CT molecular complexity index is 492. The fraction of sp³-hybridized carbons (Fsp3) is 0.400. The quantitative estimate of drug-likeness (QED) is 0.597. The second-order valence-electron chi connectivity index (χ2n) is 4.38. The molecule has 0 bridgehead atoms. The van der Waals surface area contributed by atoms with Crippen LogP contribution in [0.15, 0.2) is 24.3 Å². The lowest BCUT2D eigenvalue weighted by Gasteiger charge is -2.19.